The maximum atomic E-state index is 12.8. The van der Waals surface area contributed by atoms with E-state index in [9.17, 15) is 73.2 Å². The minimum atomic E-state index is -5.20. The summed E-state index contributed by atoms with van der Waals surface area (Å²) >= 11 is 0. The van der Waals surface area contributed by atoms with Gasteiger partial charge in [0.2, 0.25) is 0 Å². The van der Waals surface area contributed by atoms with E-state index in [4.69, 9.17) is 52.9 Å². The van der Waals surface area contributed by atoms with Crippen LogP contribution in [0.2, 0.25) is 0 Å². The Hall–Kier alpha value is -1.86. The minimum absolute atomic E-state index is 0. The fraction of sp³-hybridized carbons (Fsp3) is 0.895. The van der Waals surface area contributed by atoms with Crippen molar-refractivity contribution >= 4 is 51.5 Å². The van der Waals surface area contributed by atoms with Gasteiger partial charge in [-0.15, -0.1) is 18.9 Å². The molecule has 0 rings (SSSR count). The Morgan fingerprint density at radius 3 is 0.831 bits per heavy atom. The second kappa shape index (κ2) is 98.6. The number of ether oxygens (including phenoxy) is 6. The topological polar surface area (TPSA) is 376 Å². The molecule has 8 atom stereocenters. The van der Waals surface area contributed by atoms with Gasteiger partial charge in [0.05, 0.1) is 50.8 Å². The molecule has 0 aliphatic rings. The number of aliphatic hydroxyl groups is 5. The number of carbonyl (C=O) groups excluding carboxylic acids is 6. The fourth-order valence-corrected chi connectivity index (χ4v) is 15.1. The summed E-state index contributed by atoms with van der Waals surface area (Å²) < 4.78 is 76.1. The molecule has 25 nitrogen and oxygen atoms in total. The normalized spacial score (nSPS) is 13.8. The zero-order chi connectivity index (χ0) is 90.9. The van der Waals surface area contributed by atoms with Gasteiger partial charge in [-0.25, -0.2) is 0 Å². The van der Waals surface area contributed by atoms with Crippen molar-refractivity contribution in [1.82, 2.24) is 0 Å². The zero-order valence-electron chi connectivity index (χ0n) is 79.6. The number of rotatable bonds is 89. The third-order valence-corrected chi connectivity index (χ3v) is 22.8. The zero-order valence-corrected chi connectivity index (χ0v) is 85.4. The molecule has 0 bridgehead atoms. The van der Waals surface area contributed by atoms with E-state index >= 15 is 0 Å². The van der Waals surface area contributed by atoms with Crippen LogP contribution in [0, 0.1) is 12.3 Å². The van der Waals surface area contributed by atoms with Gasteiger partial charge in [0.25, 0.3) is 15.6 Å². The van der Waals surface area contributed by atoms with Crippen LogP contribution in [-0.4, -0.2) is 157 Å². The number of terminal acetylenes is 1. The molecule has 0 fully saturated rings. The van der Waals surface area contributed by atoms with E-state index in [0.717, 1.165) is 148 Å². The van der Waals surface area contributed by atoms with Crippen LogP contribution in [0.15, 0.2) is 12.7 Å². The quantitative estimate of drug-likeness (QED) is 0.00718. The Kier molecular flexibility index (Phi) is 104. The van der Waals surface area contributed by atoms with Crippen LogP contribution in [0.3, 0.4) is 0 Å². The van der Waals surface area contributed by atoms with Gasteiger partial charge in [-0.1, -0.05) is 342 Å². The summed E-state index contributed by atoms with van der Waals surface area (Å²) in [5.41, 5.74) is 0. The van der Waals surface area contributed by atoms with E-state index < -0.39 is 134 Å². The fourth-order valence-electron chi connectivity index (χ4n) is 13.6. The van der Waals surface area contributed by atoms with Crippen LogP contribution in [-0.2, 0) is 84.4 Å². The van der Waals surface area contributed by atoms with Crippen molar-refractivity contribution in [2.75, 3.05) is 52.9 Å². The molecule has 0 saturated carbocycles. The van der Waals surface area contributed by atoms with Crippen LogP contribution < -0.4 is 68.9 Å². The van der Waals surface area contributed by atoms with E-state index in [1.54, 1.807) is 0 Å². The van der Waals surface area contributed by atoms with Gasteiger partial charge in [0, 0.05) is 58.8 Å². The Bertz CT molecular complexity index is 2450. The van der Waals surface area contributed by atoms with Crippen molar-refractivity contribution in [3.8, 4) is 12.3 Å². The number of hydrogen-bond donors (Lipinski definition) is 5. The summed E-state index contributed by atoms with van der Waals surface area (Å²) in [7, 11) is -10.4. The van der Waals surface area contributed by atoms with Crippen molar-refractivity contribution < 1.29 is 179 Å². The summed E-state index contributed by atoms with van der Waals surface area (Å²) in [5, 5.41) is 49.3. The number of phosphoric ester groups is 2. The summed E-state index contributed by atoms with van der Waals surface area (Å²) in [5.74, 6) is -0.384. The molecular formula is C95H178Na2O25P2. The molecule has 0 radical (unpaired) electrons. The first-order chi connectivity index (χ1) is 58.8. The monoisotopic (exact) mass is 1830 g/mol. The molecule has 0 amide bonds. The third-order valence-electron chi connectivity index (χ3n) is 20.9. The molecule has 124 heavy (non-hydrogen) atoms. The van der Waals surface area contributed by atoms with Crippen molar-refractivity contribution in [1.29, 1.82) is 0 Å². The smallest absolute Gasteiger partial charge is 0.756 e. The molecule has 0 aromatic heterocycles. The largest absolute Gasteiger partial charge is 1.00 e. The first-order valence-corrected chi connectivity index (χ1v) is 51.3. The van der Waals surface area contributed by atoms with Crippen LogP contribution in [0.4, 0.5) is 0 Å². The number of aliphatic hydroxyl groups excluding tert-OH is 5. The SMILES string of the molecule is C#CCCCCCCCCCCCC(O)CC(O)COC(C)=O.C=CCCCCCCCCCCCC(O)CC(O)COC(C)=O.CCCCCCCCCCCC(=O)OCC(COP(=O)([O-])OCC(O)COP(=O)([O-])OCC(COC(=O)CCCCCCCCCCC)OC(=O)CCCCCCCCCCC)OC(=O)CCCCCCCCCCC.[Na+].[Na+]. The van der Waals surface area contributed by atoms with Crippen LogP contribution in [0.5, 0.6) is 0 Å². The number of phosphoric acid groups is 2. The Morgan fingerprint density at radius 1 is 0.323 bits per heavy atom. The van der Waals surface area contributed by atoms with Gasteiger partial charge >= 0.3 is 94.9 Å². The van der Waals surface area contributed by atoms with Crippen molar-refractivity contribution in [2.45, 2.75) is 495 Å². The van der Waals surface area contributed by atoms with E-state index in [1.165, 1.54) is 200 Å². The standard InChI is InChI=1S/C57H110O17P2.C19H36O4.C19H34O4.2Na/c1-5-9-13-17-21-25-29-33-37-41-54(59)67-47-52(73-56(61)43-39-35-31-27-23-19-15-11-7-3)49-71-75(63,64)69-45-51(58)46-70-76(65,66)72-50-53(74-57(62)44-40-36-32-28-24-20-16-12-8-4)48-68-55(60)42-38-34-30-26-22-18-14-10-6-2;2*1-3-4-5-6-7-8-9-10-11-12-13-14-18(21)15-19(22)16-23-17(2)20;;/h51-53,58H,5-50H2,1-4H3,(H,63,64)(H,65,66);3,18-19,21-22H,1,4-16H2,2H3;1,18-19,21-22H,4-16H2,2H3;;/q;;;2*+1/p-2. The number of esters is 6. The van der Waals surface area contributed by atoms with Crippen LogP contribution in [0.25, 0.3) is 0 Å². The summed E-state index contributed by atoms with van der Waals surface area (Å²) in [6.07, 6.45) is 64.8. The molecular weight excluding hydrogens is 1650 g/mol. The first kappa shape index (κ1) is 131. The minimum Gasteiger partial charge on any atom is -0.756 e. The van der Waals surface area contributed by atoms with Crippen molar-refractivity contribution in [2.24, 2.45) is 0 Å². The van der Waals surface area contributed by atoms with Gasteiger partial charge in [0.15, 0.2) is 12.2 Å². The van der Waals surface area contributed by atoms with E-state index in [-0.39, 0.29) is 111 Å². The summed E-state index contributed by atoms with van der Waals surface area (Å²) in [6, 6.07) is 0. The van der Waals surface area contributed by atoms with E-state index in [0.29, 0.717) is 38.5 Å². The third kappa shape index (κ3) is 104. The van der Waals surface area contributed by atoms with Crippen molar-refractivity contribution in [3.63, 3.8) is 0 Å². The van der Waals surface area contributed by atoms with Crippen LogP contribution >= 0.6 is 15.6 Å². The van der Waals surface area contributed by atoms with E-state index in [1.807, 2.05) is 6.08 Å². The maximum absolute atomic E-state index is 12.8. The van der Waals surface area contributed by atoms with Crippen LogP contribution in [0.1, 0.15) is 452 Å². The van der Waals surface area contributed by atoms with Gasteiger partial charge in [-0.3, -0.25) is 37.9 Å². The number of unbranched alkanes of at least 4 members (excludes halogenated alkanes) is 50. The second-order valence-corrected chi connectivity index (χ2v) is 36.1. The predicted octanol–water partition coefficient (Wildman–Crippen LogP) is 15.7. The first-order valence-electron chi connectivity index (χ1n) is 48.4. The van der Waals surface area contributed by atoms with E-state index in [2.05, 4.69) is 40.2 Å². The van der Waals surface area contributed by atoms with Gasteiger partial charge in [0.1, 0.15) is 32.5 Å². The summed E-state index contributed by atoms with van der Waals surface area (Å²) in [6.45, 7) is 10.6. The van der Waals surface area contributed by atoms with Gasteiger partial charge in [-0.2, -0.15) is 0 Å². The Morgan fingerprint density at radius 2 is 0.565 bits per heavy atom. The molecule has 0 aliphatic carbocycles. The van der Waals surface area contributed by atoms with Gasteiger partial charge in [-0.05, 0) is 57.8 Å². The molecule has 0 aromatic rings. The second-order valence-electron chi connectivity index (χ2n) is 33.3. The predicted molar refractivity (Wildman–Crippen MR) is 481 cm³/mol. The number of allylic oxidation sites excluding steroid dienone is 1. The average molecular weight is 1830 g/mol. The number of hydrogen-bond acceptors (Lipinski definition) is 25. The average Bonchev–Trinajstić information content (AvgIpc) is 0.896. The molecule has 29 heteroatoms. The van der Waals surface area contributed by atoms with Crippen molar-refractivity contribution in [3.05, 3.63) is 12.7 Å². The van der Waals surface area contributed by atoms with Gasteiger partial charge < -0.3 is 81.8 Å². The molecule has 5 N–H and O–H groups in total. The number of carbonyl (C=O) groups is 6. The molecule has 0 aromatic carbocycles. The molecule has 0 saturated heterocycles. The molecule has 8 unspecified atom stereocenters. The molecule has 720 valence electrons. The summed E-state index contributed by atoms with van der Waals surface area (Å²) in [4.78, 5) is 97.5. The molecule has 0 aliphatic heterocycles. The molecule has 0 spiro atoms. The Labute approximate surface area is 797 Å². The Balaban J connectivity index is -0.000000793. The molecule has 0 heterocycles. The maximum Gasteiger partial charge on any atom is 1.00 e.